The molecule has 0 radical (unpaired) electrons. The zero-order chi connectivity index (χ0) is 85.8. The molecule has 0 aliphatic heterocycles. The molecule has 2 aliphatic rings. The Hall–Kier alpha value is -11.5. The van der Waals surface area contributed by atoms with Gasteiger partial charge in [-0.25, -0.2) is 62.5 Å². The van der Waals surface area contributed by atoms with E-state index in [9.17, 15) is 36.7 Å². The van der Waals surface area contributed by atoms with Gasteiger partial charge in [-0.15, -0.1) is 0 Å². The van der Waals surface area contributed by atoms with Crippen molar-refractivity contribution in [3.63, 3.8) is 0 Å². The maximum absolute atomic E-state index is 13.9. The Morgan fingerprint density at radius 3 is 0.926 bits per heavy atom. The second-order valence-corrected chi connectivity index (χ2v) is 31.3. The van der Waals surface area contributed by atoms with Gasteiger partial charge in [-0.2, -0.15) is 9.59 Å². The normalized spacial score (nSPS) is 12.1. The van der Waals surface area contributed by atoms with Crippen molar-refractivity contribution in [2.24, 2.45) is 11.8 Å². The number of amides is 1. The van der Waals surface area contributed by atoms with Crippen molar-refractivity contribution >= 4 is 73.7 Å². The summed E-state index contributed by atoms with van der Waals surface area (Å²) in [5.74, 6) is -1.57. The third-order valence-corrected chi connectivity index (χ3v) is 21.6. The Labute approximate surface area is 707 Å². The summed E-state index contributed by atoms with van der Waals surface area (Å²) in [6.45, 7) is 6.70. The predicted octanol–water partition coefficient (Wildman–Crippen LogP) is 24.7. The van der Waals surface area contributed by atoms with E-state index in [2.05, 4.69) is 20.8 Å². The number of para-hydroxylation sites is 2. The average molecular weight is 1640 g/mol. The van der Waals surface area contributed by atoms with Gasteiger partial charge in [-0.1, -0.05) is 197 Å². The minimum Gasteiger partial charge on any atom is -0.481 e. The first-order valence-corrected chi connectivity index (χ1v) is 43.2. The van der Waals surface area contributed by atoms with Crippen molar-refractivity contribution in [1.29, 1.82) is 0 Å². The van der Waals surface area contributed by atoms with Crippen molar-refractivity contribution in [3.05, 3.63) is 239 Å². The Kier molecular flexibility index (Phi) is 36.4. The largest absolute Gasteiger partial charge is 0.481 e. The molecule has 632 valence electrons. The first-order valence-electron chi connectivity index (χ1n) is 43.2. The zero-order valence-corrected chi connectivity index (χ0v) is 70.4. The van der Waals surface area contributed by atoms with Crippen LogP contribution >= 0.6 is 0 Å². The fourth-order valence-electron chi connectivity index (χ4n) is 14.7. The van der Waals surface area contributed by atoms with Crippen LogP contribution in [0.2, 0.25) is 0 Å². The van der Waals surface area contributed by atoms with Crippen LogP contribution in [0.25, 0.3) is 89.2 Å². The number of aryl methyl sites for hydroxylation is 4. The van der Waals surface area contributed by atoms with E-state index in [1.54, 1.807) is 79.8 Å². The summed E-state index contributed by atoms with van der Waals surface area (Å²) >= 11 is 0. The van der Waals surface area contributed by atoms with Crippen molar-refractivity contribution in [3.8, 4) is 45.0 Å². The molecule has 1 N–H and O–H groups in total. The lowest BCUT2D eigenvalue weighted by molar-refractivity contribution is -0.191. The summed E-state index contributed by atoms with van der Waals surface area (Å²) in [5.41, 5.74) is 16.9. The van der Waals surface area contributed by atoms with Crippen LogP contribution in [0.4, 0.5) is 17.6 Å². The second-order valence-electron chi connectivity index (χ2n) is 31.3. The Morgan fingerprint density at radius 1 is 0.355 bits per heavy atom. The van der Waals surface area contributed by atoms with Gasteiger partial charge in [-0.3, -0.25) is 24.0 Å². The predicted molar refractivity (Wildman–Crippen MR) is 468 cm³/mol. The highest BCUT2D eigenvalue weighted by molar-refractivity contribution is 6.03. The molecule has 1 amide bonds. The highest BCUT2D eigenvalue weighted by Gasteiger charge is 2.32. The van der Waals surface area contributed by atoms with Crippen LogP contribution in [0.15, 0.2) is 176 Å². The van der Waals surface area contributed by atoms with E-state index < -0.39 is 5.97 Å². The lowest BCUT2D eigenvalue weighted by atomic mass is 10.0. The first kappa shape index (κ1) is 91.8. The lowest BCUT2D eigenvalue weighted by Gasteiger charge is -2.14. The number of carbonyl (C=O) groups excluding carboxylic acids is 5. The molecular weight excluding hydrogens is 1530 g/mol. The molecule has 2 saturated carbocycles. The summed E-state index contributed by atoms with van der Waals surface area (Å²) in [5, 5.41) is 10.0. The van der Waals surface area contributed by atoms with Crippen molar-refractivity contribution in [2.45, 2.75) is 226 Å². The molecule has 0 bridgehead atoms. The van der Waals surface area contributed by atoms with Crippen LogP contribution in [0.5, 0.6) is 0 Å². The van der Waals surface area contributed by atoms with Crippen LogP contribution in [0.1, 0.15) is 254 Å². The number of Topliss-reactive ketones (excluding diaryl/α,β-unsaturated/α-hetero) is 2. The summed E-state index contributed by atoms with van der Waals surface area (Å²) in [7, 11) is 3.02. The fraction of sp³-hybridized carbons (Fsp3) is 0.390. The van der Waals surface area contributed by atoms with E-state index >= 15 is 0 Å². The van der Waals surface area contributed by atoms with E-state index in [1.165, 1.54) is 157 Å². The van der Waals surface area contributed by atoms with Crippen LogP contribution in [-0.2, 0) is 44.9 Å². The minimum absolute atomic E-state index is 0.0936. The molecule has 4 heterocycles. The summed E-state index contributed by atoms with van der Waals surface area (Å²) in [6.07, 6.45) is 34.2. The summed E-state index contributed by atoms with van der Waals surface area (Å²) < 4.78 is 55.3. The fourth-order valence-corrected chi connectivity index (χ4v) is 14.7. The second kappa shape index (κ2) is 48.0. The SMILES string of the molecule is CCCCCCCCCc1nc2cc(C(=O)C3CC3)ccc2nc1-c1cccc(F)c1.CCCCCCCCCc1nc2cc(C(=O)N(C)OC)ccc2nc1-c1cccc(F)c1.CCCCCCCCCc1nc2ccccc2nc1-c1cccc(F)c1.O=C(O)CCCCc1nc2cc(C(=O)C3CC3)ccc2nc1-c1cccc(F)c1.O=C=O. The van der Waals surface area contributed by atoms with Crippen LogP contribution < -0.4 is 0 Å². The third-order valence-electron chi connectivity index (χ3n) is 21.6. The molecule has 17 nitrogen and oxygen atoms in total. The molecule has 121 heavy (non-hydrogen) atoms. The van der Waals surface area contributed by atoms with Crippen LogP contribution in [0, 0.1) is 35.1 Å². The van der Waals surface area contributed by atoms with E-state index in [1.807, 2.05) is 60.7 Å². The molecule has 2 aliphatic carbocycles. The molecule has 8 aromatic carbocycles. The summed E-state index contributed by atoms with van der Waals surface area (Å²) in [6, 6.07) is 50.0. The van der Waals surface area contributed by atoms with E-state index in [4.69, 9.17) is 59.4 Å². The van der Waals surface area contributed by atoms with Crippen molar-refractivity contribution in [1.82, 2.24) is 44.9 Å². The number of carboxylic acid groups (broad SMARTS) is 1. The number of hydrogen-bond donors (Lipinski definition) is 1. The smallest absolute Gasteiger partial charge is 0.373 e. The van der Waals surface area contributed by atoms with E-state index in [0.29, 0.717) is 75.1 Å². The van der Waals surface area contributed by atoms with Crippen molar-refractivity contribution < 1.29 is 56.3 Å². The van der Waals surface area contributed by atoms with Gasteiger partial charge < -0.3 is 5.11 Å². The number of aliphatic carboxylic acids is 1. The zero-order valence-electron chi connectivity index (χ0n) is 70.4. The Bertz CT molecular complexity index is 5480. The number of carbonyl (C=O) groups is 4. The third kappa shape index (κ3) is 28.3. The van der Waals surface area contributed by atoms with Gasteiger partial charge in [0.15, 0.2) is 11.6 Å². The number of nitrogens with zero attached hydrogens (tertiary/aromatic N) is 9. The quantitative estimate of drug-likeness (QED) is 0.0163. The van der Waals surface area contributed by atoms with Crippen molar-refractivity contribution in [2.75, 3.05) is 14.2 Å². The lowest BCUT2D eigenvalue weighted by Crippen LogP contribution is -2.25. The van der Waals surface area contributed by atoms with E-state index in [-0.39, 0.29) is 65.2 Å². The summed E-state index contributed by atoms with van der Waals surface area (Å²) in [4.78, 5) is 108. The molecule has 2 fully saturated rings. The number of halogens is 4. The van der Waals surface area contributed by atoms with Gasteiger partial charge in [0.1, 0.15) is 23.3 Å². The maximum atomic E-state index is 13.9. The standard InChI is InChI=1S/C27H31FN2O.C26H32FN3O2.C23H21FN2O3.C23H27FN2.CO2/c1-2-3-4-5-6-7-8-12-24-26(20-10-9-11-22(28)17-20)30-23-16-15-21(18-25(23)29-24)27(31)19-13-14-19;1-4-5-6-7-8-9-10-14-23-25(19-12-11-13-21(27)17-19)29-22-16-15-20(18-24(22)28-23)26(31)30(2)32-3;24-17-5-3-4-15(12-17)22-19(6-1-2-7-21(27)28)25-20-13-16(10-11-18(20)26-22)23(29)14-8-9-14;1-2-3-4-5-6-7-8-16-22-23(18-12-11-13-19(24)17-18)26-21-15-10-9-14-20(21)25-22;2-1-3/h9-11,15-19H,2-8,12-14H2,1H3;11-13,15-18H,4-10,14H2,1-3H3;3-5,10-14H,1-2,6-9H2,(H,27,28);9-15,17H,2-8,16H2,1H3;. The Morgan fingerprint density at radius 2 is 0.628 bits per heavy atom. The van der Waals surface area contributed by atoms with Gasteiger partial charge >= 0.3 is 12.1 Å². The number of rotatable bonds is 39. The van der Waals surface area contributed by atoms with Crippen LogP contribution in [-0.4, -0.2) is 93.8 Å². The molecule has 0 unspecified atom stereocenters. The minimum atomic E-state index is -0.830. The van der Waals surface area contributed by atoms with Gasteiger partial charge in [0.2, 0.25) is 0 Å². The molecule has 4 aromatic heterocycles. The maximum Gasteiger partial charge on any atom is 0.373 e. The van der Waals surface area contributed by atoms with Gasteiger partial charge in [0, 0.05) is 64.2 Å². The van der Waals surface area contributed by atoms with Gasteiger partial charge in [0.05, 0.1) is 96.8 Å². The van der Waals surface area contributed by atoms with E-state index in [0.717, 1.165) is 150 Å². The molecule has 0 spiro atoms. The Balaban J connectivity index is 0.000000168. The first-order chi connectivity index (χ1) is 58.9. The molecule has 14 rings (SSSR count). The van der Waals surface area contributed by atoms with Gasteiger partial charge in [-0.05, 0) is 199 Å². The molecular formula is C100H111F4N9O8. The molecule has 21 heteroatoms. The monoisotopic (exact) mass is 1640 g/mol. The number of fused-ring (bicyclic) bond motifs is 4. The average Bonchev–Trinajstić information content (AvgIpc) is 1.78. The van der Waals surface area contributed by atoms with Gasteiger partial charge in [0.25, 0.3) is 5.91 Å². The number of unbranched alkanes of at least 4 members (excludes halogenated alkanes) is 19. The molecule has 0 atom stereocenters. The number of aromatic nitrogens is 8. The molecule has 0 saturated heterocycles. The number of carboxylic acids is 1. The number of hydrogen-bond acceptors (Lipinski definition) is 15. The highest BCUT2D eigenvalue weighted by atomic mass is 19.1. The van der Waals surface area contributed by atoms with Crippen LogP contribution in [0.3, 0.4) is 0 Å². The number of benzene rings is 8. The number of ketones is 2. The highest BCUT2D eigenvalue weighted by Crippen LogP contribution is 2.37. The topological polar surface area (TPSA) is 238 Å². The number of hydroxylamine groups is 2. The molecule has 12 aromatic rings.